The smallest absolute Gasteiger partial charge is 0.194 e. The summed E-state index contributed by atoms with van der Waals surface area (Å²) < 4.78 is 0. The van der Waals surface area contributed by atoms with Crippen molar-refractivity contribution in [2.24, 2.45) is 5.10 Å². The second-order valence-corrected chi connectivity index (χ2v) is 7.65. The van der Waals surface area contributed by atoms with E-state index in [1.807, 2.05) is 59.6 Å². The first-order chi connectivity index (χ1) is 13.6. The van der Waals surface area contributed by atoms with Crippen LogP contribution in [0.4, 0.5) is 5.69 Å². The van der Waals surface area contributed by atoms with E-state index in [2.05, 4.69) is 36.5 Å². The lowest BCUT2D eigenvalue weighted by atomic mass is 9.99. The Hall–Kier alpha value is -2.69. The summed E-state index contributed by atoms with van der Waals surface area (Å²) >= 11 is 11.8. The first-order valence-electron chi connectivity index (χ1n) is 9.15. The zero-order chi connectivity index (χ0) is 19.5. The van der Waals surface area contributed by atoms with E-state index in [-0.39, 0.29) is 6.04 Å². The molecular formula is C23H20ClN3S. The van der Waals surface area contributed by atoms with Crippen LogP contribution >= 0.6 is 23.8 Å². The number of nitrogens with zero attached hydrogens (tertiary/aromatic N) is 2. The first-order valence-corrected chi connectivity index (χ1v) is 9.94. The number of hydrogen-bond donors (Lipinski definition) is 1. The van der Waals surface area contributed by atoms with Gasteiger partial charge in [0.15, 0.2) is 5.11 Å². The summed E-state index contributed by atoms with van der Waals surface area (Å²) in [6, 6.07) is 26.4. The maximum absolute atomic E-state index is 6.04. The van der Waals surface area contributed by atoms with Gasteiger partial charge in [-0.1, -0.05) is 66.2 Å². The molecule has 1 aliphatic rings. The Bertz CT molecular complexity index is 1020. The van der Waals surface area contributed by atoms with E-state index in [1.165, 1.54) is 11.1 Å². The largest absolute Gasteiger partial charge is 0.331 e. The molecule has 0 aliphatic carbocycles. The molecule has 0 spiro atoms. The van der Waals surface area contributed by atoms with E-state index < -0.39 is 0 Å². The Labute approximate surface area is 175 Å². The van der Waals surface area contributed by atoms with Crippen molar-refractivity contribution >= 4 is 40.3 Å². The topological polar surface area (TPSA) is 27.6 Å². The zero-order valence-electron chi connectivity index (χ0n) is 15.5. The lowest BCUT2D eigenvalue weighted by Crippen LogP contribution is -2.31. The summed E-state index contributed by atoms with van der Waals surface area (Å²) in [4.78, 5) is 0. The molecule has 1 N–H and O–H groups in total. The fourth-order valence-electron chi connectivity index (χ4n) is 3.35. The Morgan fingerprint density at radius 1 is 1.04 bits per heavy atom. The first kappa shape index (κ1) is 18.7. The predicted molar refractivity (Wildman–Crippen MR) is 121 cm³/mol. The van der Waals surface area contributed by atoms with Crippen LogP contribution in [0.3, 0.4) is 0 Å². The highest BCUT2D eigenvalue weighted by molar-refractivity contribution is 7.80. The molecule has 3 aromatic carbocycles. The molecule has 3 aromatic rings. The maximum atomic E-state index is 6.04. The molecule has 0 saturated heterocycles. The average Bonchev–Trinajstić information content (AvgIpc) is 3.15. The molecule has 140 valence electrons. The van der Waals surface area contributed by atoms with E-state index in [0.29, 0.717) is 5.11 Å². The lowest BCUT2D eigenvalue weighted by molar-refractivity contribution is 0.375. The lowest BCUT2D eigenvalue weighted by Gasteiger charge is -2.25. The highest BCUT2D eigenvalue weighted by Gasteiger charge is 2.31. The second kappa shape index (κ2) is 8.13. The molecule has 0 aromatic heterocycles. The summed E-state index contributed by atoms with van der Waals surface area (Å²) in [5.74, 6) is 0. The highest BCUT2D eigenvalue weighted by atomic mass is 35.5. The number of nitrogens with one attached hydrogen (secondary N) is 1. The minimum absolute atomic E-state index is 0.0525. The van der Waals surface area contributed by atoms with Crippen LogP contribution in [-0.4, -0.2) is 15.8 Å². The van der Waals surface area contributed by atoms with Gasteiger partial charge in [0, 0.05) is 17.1 Å². The fourth-order valence-corrected chi connectivity index (χ4v) is 3.76. The van der Waals surface area contributed by atoms with Gasteiger partial charge in [-0.25, -0.2) is 5.01 Å². The predicted octanol–water partition coefficient (Wildman–Crippen LogP) is 6.20. The van der Waals surface area contributed by atoms with Gasteiger partial charge in [0.05, 0.1) is 11.8 Å². The van der Waals surface area contributed by atoms with Gasteiger partial charge in [-0.2, -0.15) is 5.10 Å². The summed E-state index contributed by atoms with van der Waals surface area (Å²) in [5.41, 5.74) is 5.39. The van der Waals surface area contributed by atoms with Crippen LogP contribution in [-0.2, 0) is 0 Å². The van der Waals surface area contributed by atoms with Crippen LogP contribution in [0.1, 0.15) is 29.2 Å². The van der Waals surface area contributed by atoms with Gasteiger partial charge in [-0.15, -0.1) is 0 Å². The van der Waals surface area contributed by atoms with Crippen molar-refractivity contribution in [3.8, 4) is 0 Å². The SMILES string of the molecule is Cc1cccc(NC(=S)N2N=C(c3ccc(Cl)cc3)CC2c2ccccc2)c1. The van der Waals surface area contributed by atoms with Crippen LogP contribution in [0, 0.1) is 6.92 Å². The summed E-state index contributed by atoms with van der Waals surface area (Å²) in [5, 5.41) is 11.4. The molecule has 5 heteroatoms. The Kier molecular flexibility index (Phi) is 5.42. The number of hydrogen-bond acceptors (Lipinski definition) is 2. The van der Waals surface area contributed by atoms with E-state index in [9.17, 15) is 0 Å². The van der Waals surface area contributed by atoms with Crippen LogP contribution in [0.25, 0.3) is 0 Å². The molecule has 0 radical (unpaired) electrons. The zero-order valence-corrected chi connectivity index (χ0v) is 17.0. The molecule has 0 bridgehead atoms. The van der Waals surface area contributed by atoms with E-state index >= 15 is 0 Å². The van der Waals surface area contributed by atoms with Crippen molar-refractivity contribution in [3.63, 3.8) is 0 Å². The standard InChI is InChI=1S/C23H20ClN3S/c1-16-6-5-9-20(14-16)25-23(28)27-22(18-7-3-2-4-8-18)15-21(26-27)17-10-12-19(24)13-11-17/h2-14,22H,15H2,1H3,(H,25,28). The number of rotatable bonds is 3. The molecule has 1 unspecified atom stereocenters. The number of aryl methyl sites for hydroxylation is 1. The normalized spacial score (nSPS) is 16.0. The second-order valence-electron chi connectivity index (χ2n) is 6.83. The van der Waals surface area contributed by atoms with Gasteiger partial charge in [0.2, 0.25) is 0 Å². The fraction of sp³-hybridized carbons (Fsp3) is 0.130. The number of benzene rings is 3. The van der Waals surface area contributed by atoms with Crippen molar-refractivity contribution in [1.82, 2.24) is 5.01 Å². The molecule has 1 atom stereocenters. The van der Waals surface area contributed by atoms with E-state index in [0.717, 1.165) is 28.4 Å². The number of thiocarbonyl (C=S) groups is 1. The van der Waals surface area contributed by atoms with E-state index in [1.54, 1.807) is 0 Å². The number of halogens is 1. The third-order valence-corrected chi connectivity index (χ3v) is 5.29. The molecule has 1 aliphatic heterocycles. The van der Waals surface area contributed by atoms with Crippen LogP contribution in [0.2, 0.25) is 5.02 Å². The monoisotopic (exact) mass is 405 g/mol. The molecule has 1 heterocycles. The van der Waals surface area contributed by atoms with Gasteiger partial charge in [0.1, 0.15) is 0 Å². The minimum atomic E-state index is 0.0525. The molecule has 3 nitrogen and oxygen atoms in total. The summed E-state index contributed by atoms with van der Waals surface area (Å²) in [6.07, 6.45) is 0.779. The third kappa shape index (κ3) is 4.08. The van der Waals surface area contributed by atoms with Crippen LogP contribution in [0.15, 0.2) is 84.0 Å². The van der Waals surface area contributed by atoms with Gasteiger partial charge in [-0.3, -0.25) is 0 Å². The van der Waals surface area contributed by atoms with Gasteiger partial charge in [0.25, 0.3) is 0 Å². The van der Waals surface area contributed by atoms with Gasteiger partial charge in [-0.05, 0) is 60.1 Å². The van der Waals surface area contributed by atoms with E-state index in [4.69, 9.17) is 28.9 Å². The third-order valence-electron chi connectivity index (χ3n) is 4.75. The summed E-state index contributed by atoms with van der Waals surface area (Å²) in [6.45, 7) is 2.06. The van der Waals surface area contributed by atoms with Crippen molar-refractivity contribution in [1.29, 1.82) is 0 Å². The minimum Gasteiger partial charge on any atom is -0.331 e. The Morgan fingerprint density at radius 2 is 1.79 bits per heavy atom. The number of anilines is 1. The van der Waals surface area contributed by atoms with Gasteiger partial charge < -0.3 is 5.32 Å². The Morgan fingerprint density at radius 3 is 2.50 bits per heavy atom. The molecule has 0 saturated carbocycles. The quantitative estimate of drug-likeness (QED) is 0.526. The molecular weight excluding hydrogens is 386 g/mol. The molecule has 28 heavy (non-hydrogen) atoms. The Balaban J connectivity index is 1.65. The average molecular weight is 406 g/mol. The van der Waals surface area contributed by atoms with Crippen molar-refractivity contribution in [2.75, 3.05) is 5.32 Å². The van der Waals surface area contributed by atoms with Crippen LogP contribution in [0.5, 0.6) is 0 Å². The summed E-state index contributed by atoms with van der Waals surface area (Å²) in [7, 11) is 0. The molecule has 0 amide bonds. The highest BCUT2D eigenvalue weighted by Crippen LogP contribution is 2.33. The van der Waals surface area contributed by atoms with Crippen molar-refractivity contribution in [3.05, 3.63) is 101 Å². The maximum Gasteiger partial charge on any atom is 0.194 e. The van der Waals surface area contributed by atoms with Crippen molar-refractivity contribution < 1.29 is 0 Å². The van der Waals surface area contributed by atoms with Crippen molar-refractivity contribution in [2.45, 2.75) is 19.4 Å². The molecule has 0 fully saturated rings. The number of hydrazone groups is 1. The molecule has 4 rings (SSSR count). The van der Waals surface area contributed by atoms with Gasteiger partial charge >= 0.3 is 0 Å². The van der Waals surface area contributed by atoms with Crippen LogP contribution < -0.4 is 5.32 Å².